The van der Waals surface area contributed by atoms with Gasteiger partial charge in [-0.25, -0.2) is 4.68 Å². The normalized spacial score (nSPS) is 12.0. The van der Waals surface area contributed by atoms with Crippen LogP contribution in [0.2, 0.25) is 0 Å². The SMILES string of the molecule is C#CCCCNC(C)c1cnn(-c2ccccc2)c1. The predicted molar refractivity (Wildman–Crippen MR) is 78.0 cm³/mol. The minimum Gasteiger partial charge on any atom is -0.310 e. The highest BCUT2D eigenvalue weighted by Crippen LogP contribution is 2.14. The third-order valence-electron chi connectivity index (χ3n) is 3.07. The minimum atomic E-state index is 0.287. The molecule has 0 bridgehead atoms. The van der Waals surface area contributed by atoms with Crippen LogP contribution in [0.1, 0.15) is 31.4 Å². The number of hydrogen-bond acceptors (Lipinski definition) is 2. The minimum absolute atomic E-state index is 0.287. The van der Waals surface area contributed by atoms with Crippen molar-refractivity contribution < 1.29 is 0 Å². The molecule has 1 unspecified atom stereocenters. The Morgan fingerprint density at radius 3 is 2.89 bits per heavy atom. The average molecular weight is 253 g/mol. The summed E-state index contributed by atoms with van der Waals surface area (Å²) in [5.74, 6) is 2.65. The van der Waals surface area contributed by atoms with Crippen LogP contribution in [0.25, 0.3) is 5.69 Å². The number of nitrogens with one attached hydrogen (secondary N) is 1. The second kappa shape index (κ2) is 6.77. The van der Waals surface area contributed by atoms with E-state index in [9.17, 15) is 0 Å². The van der Waals surface area contributed by atoms with Gasteiger partial charge in [0.1, 0.15) is 0 Å². The van der Waals surface area contributed by atoms with Gasteiger partial charge >= 0.3 is 0 Å². The molecule has 1 N–H and O–H groups in total. The summed E-state index contributed by atoms with van der Waals surface area (Å²) in [7, 11) is 0. The molecular formula is C16H19N3. The molecule has 19 heavy (non-hydrogen) atoms. The van der Waals surface area contributed by atoms with Crippen molar-refractivity contribution in [3.05, 3.63) is 48.3 Å². The van der Waals surface area contributed by atoms with Crippen molar-refractivity contribution in [2.24, 2.45) is 0 Å². The number of unbranched alkanes of at least 4 members (excludes halogenated alkanes) is 1. The van der Waals surface area contributed by atoms with Gasteiger partial charge in [0.05, 0.1) is 11.9 Å². The van der Waals surface area contributed by atoms with E-state index in [4.69, 9.17) is 6.42 Å². The van der Waals surface area contributed by atoms with Crippen LogP contribution < -0.4 is 5.32 Å². The summed E-state index contributed by atoms with van der Waals surface area (Å²) in [5.41, 5.74) is 2.26. The second-order valence-electron chi connectivity index (χ2n) is 4.54. The maximum atomic E-state index is 5.23. The lowest BCUT2D eigenvalue weighted by atomic mass is 10.2. The van der Waals surface area contributed by atoms with Crippen LogP contribution in [0.4, 0.5) is 0 Å². The molecule has 1 heterocycles. The first-order valence-electron chi connectivity index (χ1n) is 6.58. The standard InChI is InChI=1S/C16H19N3/c1-3-4-8-11-17-14(2)15-12-18-19(13-15)16-9-6-5-7-10-16/h1,5-7,9-10,12-14,17H,4,8,11H2,2H3. The Bertz CT molecular complexity index is 537. The molecule has 0 fully saturated rings. The summed E-state index contributed by atoms with van der Waals surface area (Å²) in [6.07, 6.45) is 11.0. The van der Waals surface area contributed by atoms with Gasteiger partial charge in [0.15, 0.2) is 0 Å². The van der Waals surface area contributed by atoms with Crippen molar-refractivity contribution in [1.29, 1.82) is 0 Å². The Balaban J connectivity index is 1.95. The van der Waals surface area contributed by atoms with Crippen LogP contribution in [0, 0.1) is 12.3 Å². The van der Waals surface area contributed by atoms with E-state index in [2.05, 4.69) is 29.5 Å². The molecule has 0 aliphatic heterocycles. The lowest BCUT2D eigenvalue weighted by molar-refractivity contribution is 0.562. The number of terminal acetylenes is 1. The van der Waals surface area contributed by atoms with E-state index in [1.165, 1.54) is 5.56 Å². The second-order valence-corrected chi connectivity index (χ2v) is 4.54. The number of rotatable bonds is 6. The number of benzene rings is 1. The quantitative estimate of drug-likeness (QED) is 0.633. The van der Waals surface area contributed by atoms with Crippen molar-refractivity contribution >= 4 is 0 Å². The molecule has 0 amide bonds. The zero-order chi connectivity index (χ0) is 13.5. The van der Waals surface area contributed by atoms with Crippen LogP contribution in [0.5, 0.6) is 0 Å². The van der Waals surface area contributed by atoms with Crippen LogP contribution in [0.15, 0.2) is 42.7 Å². The van der Waals surface area contributed by atoms with Gasteiger partial charge in [0.2, 0.25) is 0 Å². The van der Waals surface area contributed by atoms with Gasteiger partial charge in [-0.15, -0.1) is 12.3 Å². The smallest absolute Gasteiger partial charge is 0.0645 e. The van der Waals surface area contributed by atoms with E-state index < -0.39 is 0 Å². The molecule has 0 aliphatic carbocycles. The molecule has 1 atom stereocenters. The number of aromatic nitrogens is 2. The molecule has 1 aromatic heterocycles. The van der Waals surface area contributed by atoms with Crippen LogP contribution in [-0.4, -0.2) is 16.3 Å². The molecular weight excluding hydrogens is 234 g/mol. The molecule has 3 nitrogen and oxygen atoms in total. The van der Waals surface area contributed by atoms with Crippen LogP contribution in [0.3, 0.4) is 0 Å². The fourth-order valence-electron chi connectivity index (χ4n) is 1.91. The highest BCUT2D eigenvalue weighted by molar-refractivity contribution is 5.31. The molecule has 2 rings (SSSR count). The van der Waals surface area contributed by atoms with Gasteiger partial charge < -0.3 is 5.32 Å². The topological polar surface area (TPSA) is 29.9 Å². The molecule has 0 saturated carbocycles. The molecule has 1 aromatic carbocycles. The van der Waals surface area contributed by atoms with E-state index >= 15 is 0 Å². The van der Waals surface area contributed by atoms with Gasteiger partial charge in [-0.1, -0.05) is 18.2 Å². The van der Waals surface area contributed by atoms with E-state index in [1.807, 2.05) is 41.2 Å². The van der Waals surface area contributed by atoms with Crippen molar-refractivity contribution in [2.45, 2.75) is 25.8 Å². The van der Waals surface area contributed by atoms with Gasteiger partial charge in [0, 0.05) is 24.2 Å². The molecule has 0 aliphatic rings. The molecule has 2 aromatic rings. The van der Waals surface area contributed by atoms with Crippen molar-refractivity contribution in [2.75, 3.05) is 6.54 Å². The third-order valence-corrected chi connectivity index (χ3v) is 3.07. The van der Waals surface area contributed by atoms with Gasteiger partial charge in [0.25, 0.3) is 0 Å². The van der Waals surface area contributed by atoms with E-state index in [1.54, 1.807) is 0 Å². The first-order valence-corrected chi connectivity index (χ1v) is 6.58. The summed E-state index contributed by atoms with van der Waals surface area (Å²) in [6, 6.07) is 10.4. The molecule has 3 heteroatoms. The Morgan fingerprint density at radius 1 is 1.37 bits per heavy atom. The van der Waals surface area contributed by atoms with Crippen LogP contribution >= 0.6 is 0 Å². The number of hydrogen-bond donors (Lipinski definition) is 1. The maximum Gasteiger partial charge on any atom is 0.0645 e. The Morgan fingerprint density at radius 2 is 2.16 bits per heavy atom. The summed E-state index contributed by atoms with van der Waals surface area (Å²) in [6.45, 7) is 3.07. The Hall–Kier alpha value is -2.05. The maximum absolute atomic E-state index is 5.23. The zero-order valence-electron chi connectivity index (χ0n) is 11.2. The first-order chi connectivity index (χ1) is 9.31. The summed E-state index contributed by atoms with van der Waals surface area (Å²) < 4.78 is 1.90. The highest BCUT2D eigenvalue weighted by atomic mass is 15.3. The summed E-state index contributed by atoms with van der Waals surface area (Å²) in [5, 5.41) is 7.85. The average Bonchev–Trinajstić information content (AvgIpc) is 2.94. The Labute approximate surface area is 114 Å². The third kappa shape index (κ3) is 3.70. The summed E-state index contributed by atoms with van der Waals surface area (Å²) >= 11 is 0. The van der Waals surface area contributed by atoms with Crippen molar-refractivity contribution in [1.82, 2.24) is 15.1 Å². The van der Waals surface area contributed by atoms with Gasteiger partial charge in [-0.05, 0) is 32.0 Å². The lowest BCUT2D eigenvalue weighted by Gasteiger charge is -2.10. The molecule has 0 saturated heterocycles. The largest absolute Gasteiger partial charge is 0.310 e. The predicted octanol–water partition coefficient (Wildman–Crippen LogP) is 2.94. The van der Waals surface area contributed by atoms with Crippen molar-refractivity contribution in [3.8, 4) is 18.0 Å². The lowest BCUT2D eigenvalue weighted by Crippen LogP contribution is -2.19. The highest BCUT2D eigenvalue weighted by Gasteiger charge is 2.07. The van der Waals surface area contributed by atoms with Crippen molar-refractivity contribution in [3.63, 3.8) is 0 Å². The van der Waals surface area contributed by atoms with E-state index in [0.717, 1.165) is 25.1 Å². The van der Waals surface area contributed by atoms with Gasteiger partial charge in [-0.2, -0.15) is 5.10 Å². The monoisotopic (exact) mass is 253 g/mol. The van der Waals surface area contributed by atoms with Crippen LogP contribution in [-0.2, 0) is 0 Å². The fourth-order valence-corrected chi connectivity index (χ4v) is 1.91. The molecule has 0 spiro atoms. The molecule has 0 radical (unpaired) electrons. The van der Waals surface area contributed by atoms with E-state index in [0.29, 0.717) is 0 Å². The fraction of sp³-hybridized carbons (Fsp3) is 0.312. The molecule has 98 valence electrons. The first kappa shape index (κ1) is 13.4. The zero-order valence-corrected chi connectivity index (χ0v) is 11.2. The van der Waals surface area contributed by atoms with Gasteiger partial charge in [-0.3, -0.25) is 0 Å². The number of para-hydroxylation sites is 1. The van der Waals surface area contributed by atoms with E-state index in [-0.39, 0.29) is 6.04 Å². The number of nitrogens with zero attached hydrogens (tertiary/aromatic N) is 2. The Kier molecular flexibility index (Phi) is 4.77. The summed E-state index contributed by atoms with van der Waals surface area (Å²) in [4.78, 5) is 0.